The van der Waals surface area contributed by atoms with Gasteiger partial charge in [-0.15, -0.1) is 0 Å². The minimum Gasteiger partial charge on any atom is -0.384 e. The number of halogens is 3. The number of esters is 2. The molecule has 1 aromatic rings. The van der Waals surface area contributed by atoms with Crippen LogP contribution in [0.25, 0.3) is 0 Å². The predicted molar refractivity (Wildman–Crippen MR) is 112 cm³/mol. The van der Waals surface area contributed by atoms with Crippen molar-refractivity contribution in [2.45, 2.75) is 25.1 Å². The van der Waals surface area contributed by atoms with Gasteiger partial charge in [0.2, 0.25) is 0 Å². The summed E-state index contributed by atoms with van der Waals surface area (Å²) >= 11 is 0. The van der Waals surface area contributed by atoms with E-state index in [0.29, 0.717) is 24.7 Å². The molecule has 0 amide bonds. The number of piperazine rings is 1. The lowest BCUT2D eigenvalue weighted by Gasteiger charge is -2.45. The first-order valence-electron chi connectivity index (χ1n) is 10.6. The summed E-state index contributed by atoms with van der Waals surface area (Å²) in [6.45, 7) is 4.54. The van der Waals surface area contributed by atoms with E-state index in [1.54, 1.807) is 7.05 Å². The number of nitrogens with one attached hydrogen (secondary N) is 1. The lowest BCUT2D eigenvalue weighted by atomic mass is 10.00. The summed E-state index contributed by atoms with van der Waals surface area (Å²) < 4.78 is 41.0. The zero-order valence-corrected chi connectivity index (χ0v) is 18.0. The number of benzene rings is 1. The van der Waals surface area contributed by atoms with E-state index in [0.717, 1.165) is 44.7 Å². The number of hydrogen-bond acceptors (Lipinski definition) is 6. The van der Waals surface area contributed by atoms with Crippen molar-refractivity contribution < 1.29 is 32.0 Å². The Bertz CT molecular complexity index is 843. The Balaban J connectivity index is 1.45. The van der Waals surface area contributed by atoms with Crippen LogP contribution in [-0.2, 0) is 14.3 Å². The maximum atomic E-state index is 12.3. The van der Waals surface area contributed by atoms with Crippen molar-refractivity contribution in [2.24, 2.45) is 5.73 Å². The van der Waals surface area contributed by atoms with Gasteiger partial charge >= 0.3 is 18.1 Å². The van der Waals surface area contributed by atoms with E-state index in [1.165, 1.54) is 0 Å². The van der Waals surface area contributed by atoms with Crippen LogP contribution in [0.15, 0.2) is 24.3 Å². The Morgan fingerprint density at radius 1 is 1.12 bits per heavy atom. The SMILES string of the molecule is C[N+]1(CC(=O)OC(=O)C(F)(F)F)CCC(N2CCN(c3ccc(C(=N)N)cc3)CC2)CC1. The van der Waals surface area contributed by atoms with Crippen LogP contribution >= 0.6 is 0 Å². The Kier molecular flexibility index (Phi) is 7.09. The second kappa shape index (κ2) is 9.45. The van der Waals surface area contributed by atoms with E-state index >= 15 is 0 Å². The lowest BCUT2D eigenvalue weighted by Crippen LogP contribution is -2.58. The highest BCUT2D eigenvalue weighted by atomic mass is 19.4. The largest absolute Gasteiger partial charge is 0.491 e. The van der Waals surface area contributed by atoms with Crippen LogP contribution in [-0.4, -0.2) is 92.2 Å². The zero-order valence-electron chi connectivity index (χ0n) is 18.0. The van der Waals surface area contributed by atoms with Gasteiger partial charge in [0, 0.05) is 56.3 Å². The van der Waals surface area contributed by atoms with E-state index in [2.05, 4.69) is 14.5 Å². The molecule has 2 saturated heterocycles. The molecule has 176 valence electrons. The average Bonchev–Trinajstić information content (AvgIpc) is 2.73. The third-order valence-electron chi connectivity index (χ3n) is 6.33. The van der Waals surface area contributed by atoms with Crippen molar-refractivity contribution in [3.8, 4) is 0 Å². The van der Waals surface area contributed by atoms with Crippen molar-refractivity contribution in [2.75, 3.05) is 57.8 Å². The van der Waals surface area contributed by atoms with E-state index in [-0.39, 0.29) is 16.9 Å². The first-order valence-corrected chi connectivity index (χ1v) is 10.6. The molecule has 32 heavy (non-hydrogen) atoms. The van der Waals surface area contributed by atoms with Gasteiger partial charge < -0.3 is 19.9 Å². The topological polar surface area (TPSA) is 99.7 Å². The number of rotatable bonds is 5. The molecule has 11 heteroatoms. The number of likely N-dealkylation sites (N-methyl/N-ethyl adjacent to an activating group) is 1. The van der Waals surface area contributed by atoms with Crippen LogP contribution in [0.4, 0.5) is 18.9 Å². The standard InChI is InChI=1S/C21H29F3N5O3/c1-29(14-18(30)32-20(31)21(22,23)24)12-6-17(7-13-29)28-10-8-27(9-11-28)16-4-2-15(3-5-16)19(25)26/h2-5,17H,6-14H2,1H3,(H3,25,26)/q+1. The van der Waals surface area contributed by atoms with Crippen LogP contribution in [0.2, 0.25) is 0 Å². The molecule has 0 unspecified atom stereocenters. The van der Waals surface area contributed by atoms with Crippen LogP contribution in [0.1, 0.15) is 18.4 Å². The normalized spacial score (nSPS) is 24.8. The highest BCUT2D eigenvalue weighted by Gasteiger charge is 2.44. The fourth-order valence-electron chi connectivity index (χ4n) is 4.40. The summed E-state index contributed by atoms with van der Waals surface area (Å²) in [6, 6.07) is 7.99. The number of amidine groups is 1. The monoisotopic (exact) mass is 456 g/mol. The van der Waals surface area contributed by atoms with Crippen molar-refractivity contribution in [1.29, 1.82) is 5.41 Å². The number of piperidine rings is 1. The van der Waals surface area contributed by atoms with Crippen molar-refractivity contribution in [3.63, 3.8) is 0 Å². The third kappa shape index (κ3) is 5.98. The molecule has 8 nitrogen and oxygen atoms in total. The number of quaternary nitrogens is 1. The van der Waals surface area contributed by atoms with Gasteiger partial charge in [-0.25, -0.2) is 9.59 Å². The molecular formula is C21H29F3N5O3+. The number of carbonyl (C=O) groups is 2. The predicted octanol–water partition coefficient (Wildman–Crippen LogP) is 1.33. The molecule has 0 aromatic heterocycles. The molecule has 3 N–H and O–H groups in total. The fourth-order valence-corrected chi connectivity index (χ4v) is 4.40. The summed E-state index contributed by atoms with van der Waals surface area (Å²) in [4.78, 5) is 27.4. The molecule has 0 atom stereocenters. The molecule has 0 bridgehead atoms. The van der Waals surface area contributed by atoms with Crippen molar-refractivity contribution >= 4 is 23.5 Å². The van der Waals surface area contributed by atoms with Gasteiger partial charge in [-0.2, -0.15) is 13.2 Å². The summed E-state index contributed by atoms with van der Waals surface area (Å²) in [5, 5.41) is 7.48. The molecule has 2 aliphatic rings. The first-order chi connectivity index (χ1) is 15.0. The van der Waals surface area contributed by atoms with Gasteiger partial charge in [-0.3, -0.25) is 10.3 Å². The Hall–Kier alpha value is -2.66. The molecule has 0 radical (unpaired) electrons. The second-order valence-corrected chi connectivity index (χ2v) is 8.70. The molecule has 0 saturated carbocycles. The van der Waals surface area contributed by atoms with Gasteiger partial charge in [0.1, 0.15) is 5.84 Å². The van der Waals surface area contributed by atoms with Crippen LogP contribution in [0, 0.1) is 5.41 Å². The summed E-state index contributed by atoms with van der Waals surface area (Å²) in [5.74, 6) is -3.56. The molecule has 0 spiro atoms. The summed E-state index contributed by atoms with van der Waals surface area (Å²) in [5.41, 5.74) is 7.29. The number of nitrogens with two attached hydrogens (primary N) is 1. The molecule has 1 aromatic carbocycles. The molecule has 2 heterocycles. The van der Waals surface area contributed by atoms with Gasteiger partial charge in [0.05, 0.1) is 20.1 Å². The average molecular weight is 456 g/mol. The Labute approximate surface area is 184 Å². The first kappa shape index (κ1) is 24.0. The molecule has 0 aliphatic carbocycles. The van der Waals surface area contributed by atoms with E-state index < -0.39 is 18.1 Å². The summed E-state index contributed by atoms with van der Waals surface area (Å²) in [7, 11) is 1.80. The maximum Gasteiger partial charge on any atom is 0.491 e. The minimum absolute atomic E-state index is 0.0456. The lowest BCUT2D eigenvalue weighted by molar-refractivity contribution is -0.907. The van der Waals surface area contributed by atoms with Crippen LogP contribution in [0.3, 0.4) is 0 Å². The van der Waals surface area contributed by atoms with Crippen molar-refractivity contribution in [1.82, 2.24) is 4.90 Å². The number of nitrogens with zero attached hydrogens (tertiary/aromatic N) is 3. The number of anilines is 1. The zero-order chi connectivity index (χ0) is 23.5. The number of likely N-dealkylation sites (tertiary alicyclic amines) is 1. The smallest absolute Gasteiger partial charge is 0.384 e. The molecular weight excluding hydrogens is 427 g/mol. The van der Waals surface area contributed by atoms with Gasteiger partial charge in [0.15, 0.2) is 6.54 Å². The number of alkyl halides is 3. The highest BCUT2D eigenvalue weighted by Crippen LogP contribution is 2.25. The van der Waals surface area contributed by atoms with E-state index in [4.69, 9.17) is 11.1 Å². The quantitative estimate of drug-likeness (QED) is 0.228. The van der Waals surface area contributed by atoms with Crippen LogP contribution < -0.4 is 10.6 Å². The highest BCUT2D eigenvalue weighted by molar-refractivity contribution is 5.95. The number of ether oxygens (including phenoxy) is 1. The maximum absolute atomic E-state index is 12.3. The molecule has 2 fully saturated rings. The number of carbonyl (C=O) groups excluding carboxylic acids is 2. The van der Waals surface area contributed by atoms with Crippen LogP contribution in [0.5, 0.6) is 0 Å². The Morgan fingerprint density at radius 3 is 2.19 bits per heavy atom. The van der Waals surface area contributed by atoms with Gasteiger partial charge in [-0.05, 0) is 24.3 Å². The van der Waals surface area contributed by atoms with Gasteiger partial charge in [-0.1, -0.05) is 0 Å². The van der Waals surface area contributed by atoms with E-state index in [1.807, 2.05) is 24.3 Å². The molecule has 3 rings (SSSR count). The summed E-state index contributed by atoms with van der Waals surface area (Å²) in [6.07, 6.45) is -3.52. The number of nitrogen functional groups attached to an aromatic ring is 1. The second-order valence-electron chi connectivity index (χ2n) is 8.70. The Morgan fingerprint density at radius 2 is 1.69 bits per heavy atom. The third-order valence-corrected chi connectivity index (χ3v) is 6.33. The van der Waals surface area contributed by atoms with Gasteiger partial charge in [0.25, 0.3) is 0 Å². The molecule has 2 aliphatic heterocycles. The fraction of sp³-hybridized carbons (Fsp3) is 0.571. The van der Waals surface area contributed by atoms with Crippen molar-refractivity contribution in [3.05, 3.63) is 29.8 Å². The minimum atomic E-state index is -5.17. The number of hydrogen-bond donors (Lipinski definition) is 2. The van der Waals surface area contributed by atoms with E-state index in [9.17, 15) is 22.8 Å².